The van der Waals surface area contributed by atoms with E-state index >= 15 is 0 Å². The van der Waals surface area contributed by atoms with Crippen LogP contribution >= 0.6 is 11.3 Å². The van der Waals surface area contributed by atoms with Gasteiger partial charge in [0.2, 0.25) is 5.13 Å². The SMILES string of the molecule is CCC(CC)CN(CCOCc1ccccc1)c1ccc(NNc2nc3ccc(OC(=O)CC(C)C)cc3s2)cc1. The summed E-state index contributed by atoms with van der Waals surface area (Å²) in [5.41, 5.74) is 10.6. The molecule has 0 radical (unpaired) electrons. The highest BCUT2D eigenvalue weighted by molar-refractivity contribution is 7.22. The molecule has 218 valence electrons. The van der Waals surface area contributed by atoms with E-state index in [4.69, 9.17) is 9.47 Å². The number of hydrogen-bond acceptors (Lipinski definition) is 8. The van der Waals surface area contributed by atoms with Crippen LogP contribution in [0, 0.1) is 11.8 Å². The maximum Gasteiger partial charge on any atom is 0.311 e. The predicted molar refractivity (Wildman–Crippen MR) is 171 cm³/mol. The Hall–Kier alpha value is -3.62. The molecule has 0 aliphatic rings. The zero-order chi connectivity index (χ0) is 29.0. The summed E-state index contributed by atoms with van der Waals surface area (Å²) in [6, 6.07) is 24.3. The van der Waals surface area contributed by atoms with Crippen LogP contribution in [-0.4, -0.2) is 30.6 Å². The highest BCUT2D eigenvalue weighted by Gasteiger charge is 2.13. The van der Waals surface area contributed by atoms with Crippen LogP contribution < -0.4 is 20.5 Å². The Kier molecular flexibility index (Phi) is 11.4. The molecule has 0 saturated heterocycles. The largest absolute Gasteiger partial charge is 0.426 e. The number of hydrogen-bond donors (Lipinski definition) is 2. The Morgan fingerprint density at radius 1 is 0.976 bits per heavy atom. The summed E-state index contributed by atoms with van der Waals surface area (Å²) in [6.07, 6.45) is 2.71. The summed E-state index contributed by atoms with van der Waals surface area (Å²) in [7, 11) is 0. The maximum absolute atomic E-state index is 12.0. The first kappa shape index (κ1) is 30.3. The molecule has 4 rings (SSSR count). The second kappa shape index (κ2) is 15.4. The normalized spacial score (nSPS) is 11.3. The molecule has 1 heterocycles. The number of aromatic nitrogens is 1. The van der Waals surface area contributed by atoms with Crippen molar-refractivity contribution in [2.45, 2.75) is 53.6 Å². The van der Waals surface area contributed by atoms with Gasteiger partial charge in [-0.2, -0.15) is 0 Å². The molecule has 0 bridgehead atoms. The van der Waals surface area contributed by atoms with Gasteiger partial charge in [-0.1, -0.05) is 82.2 Å². The number of fused-ring (bicyclic) bond motifs is 1. The molecular formula is C33H42N4O3S. The van der Waals surface area contributed by atoms with Crippen LogP contribution in [0.25, 0.3) is 10.2 Å². The van der Waals surface area contributed by atoms with Gasteiger partial charge in [-0.15, -0.1) is 0 Å². The lowest BCUT2D eigenvalue weighted by Gasteiger charge is -2.29. The van der Waals surface area contributed by atoms with E-state index in [0.717, 1.165) is 47.0 Å². The molecule has 0 aliphatic carbocycles. The van der Waals surface area contributed by atoms with Crippen molar-refractivity contribution in [1.82, 2.24) is 4.98 Å². The quantitative estimate of drug-likeness (QED) is 0.0605. The number of thiazole rings is 1. The van der Waals surface area contributed by atoms with Crippen molar-refractivity contribution in [2.75, 3.05) is 35.4 Å². The zero-order valence-electron chi connectivity index (χ0n) is 24.6. The third-order valence-corrected chi connectivity index (χ3v) is 7.90. The van der Waals surface area contributed by atoms with Crippen LogP contribution in [0.4, 0.5) is 16.5 Å². The number of esters is 1. The molecule has 8 heteroatoms. The fourth-order valence-electron chi connectivity index (χ4n) is 4.53. The Bertz CT molecular complexity index is 1350. The minimum atomic E-state index is -0.217. The number of rotatable bonds is 16. The van der Waals surface area contributed by atoms with Crippen molar-refractivity contribution in [3.05, 3.63) is 78.4 Å². The molecule has 41 heavy (non-hydrogen) atoms. The highest BCUT2D eigenvalue weighted by atomic mass is 32.1. The Morgan fingerprint density at radius 2 is 1.73 bits per heavy atom. The summed E-state index contributed by atoms with van der Waals surface area (Å²) >= 11 is 1.50. The maximum atomic E-state index is 12.0. The fraction of sp³-hybridized carbons (Fsp3) is 0.394. The number of nitrogens with one attached hydrogen (secondary N) is 2. The van der Waals surface area contributed by atoms with E-state index in [1.165, 1.54) is 22.6 Å². The van der Waals surface area contributed by atoms with Gasteiger partial charge in [-0.25, -0.2) is 4.98 Å². The Morgan fingerprint density at radius 3 is 2.44 bits per heavy atom. The smallest absolute Gasteiger partial charge is 0.311 e. The van der Waals surface area contributed by atoms with Crippen LogP contribution in [0.2, 0.25) is 0 Å². The third kappa shape index (κ3) is 9.47. The molecule has 0 saturated carbocycles. The molecular weight excluding hydrogens is 532 g/mol. The predicted octanol–water partition coefficient (Wildman–Crippen LogP) is 8.15. The van der Waals surface area contributed by atoms with E-state index in [1.54, 1.807) is 6.07 Å². The molecule has 4 aromatic rings. The average molecular weight is 575 g/mol. The average Bonchev–Trinajstić information content (AvgIpc) is 3.38. The number of ether oxygens (including phenoxy) is 2. The number of benzene rings is 3. The lowest BCUT2D eigenvalue weighted by molar-refractivity contribution is -0.135. The summed E-state index contributed by atoms with van der Waals surface area (Å²) in [5.74, 6) is 1.23. The Labute approximate surface area is 247 Å². The van der Waals surface area contributed by atoms with Crippen LogP contribution in [0.5, 0.6) is 5.75 Å². The molecule has 1 aromatic heterocycles. The first-order chi connectivity index (χ1) is 19.9. The molecule has 7 nitrogen and oxygen atoms in total. The molecule has 0 aliphatic heterocycles. The zero-order valence-corrected chi connectivity index (χ0v) is 25.4. The minimum absolute atomic E-state index is 0.217. The van der Waals surface area contributed by atoms with Crippen LogP contribution in [0.15, 0.2) is 72.8 Å². The minimum Gasteiger partial charge on any atom is -0.426 e. The molecule has 3 aromatic carbocycles. The number of carbonyl (C=O) groups is 1. The van der Waals surface area contributed by atoms with Gasteiger partial charge in [0.25, 0.3) is 0 Å². The van der Waals surface area contributed by atoms with Gasteiger partial charge in [0.15, 0.2) is 0 Å². The highest BCUT2D eigenvalue weighted by Crippen LogP contribution is 2.30. The van der Waals surface area contributed by atoms with Crippen molar-refractivity contribution in [2.24, 2.45) is 11.8 Å². The standard InChI is InChI=1S/C33H42N4O3S/c1-5-25(6-2)22-37(18-19-39-23-26-10-8-7-9-11-26)28-14-12-27(13-15-28)35-36-33-34-30-17-16-29(21-31(30)41-33)40-32(38)20-24(3)4/h7-17,21,24-25,35H,5-6,18-20,22-23H2,1-4H3,(H,34,36). The molecule has 0 spiro atoms. The van der Waals surface area contributed by atoms with E-state index in [-0.39, 0.29) is 11.9 Å². The molecule has 0 fully saturated rings. The van der Waals surface area contributed by atoms with Gasteiger partial charge in [-0.05, 0) is 53.8 Å². The monoisotopic (exact) mass is 574 g/mol. The van der Waals surface area contributed by atoms with E-state index in [9.17, 15) is 4.79 Å². The molecule has 0 amide bonds. The van der Waals surface area contributed by atoms with Crippen LogP contribution in [-0.2, 0) is 16.1 Å². The topological polar surface area (TPSA) is 75.7 Å². The van der Waals surface area contributed by atoms with E-state index in [2.05, 4.69) is 71.0 Å². The number of anilines is 3. The van der Waals surface area contributed by atoms with Gasteiger partial charge >= 0.3 is 5.97 Å². The summed E-state index contributed by atoms with van der Waals surface area (Å²) in [5, 5.41) is 0.737. The molecule has 0 atom stereocenters. The van der Waals surface area contributed by atoms with Gasteiger partial charge < -0.3 is 14.4 Å². The number of hydrazine groups is 1. The second-order valence-corrected chi connectivity index (χ2v) is 11.7. The van der Waals surface area contributed by atoms with E-state index in [1.807, 2.05) is 44.2 Å². The lowest BCUT2D eigenvalue weighted by atomic mass is 10.0. The lowest BCUT2D eigenvalue weighted by Crippen LogP contribution is -2.32. The van der Waals surface area contributed by atoms with Gasteiger partial charge in [0, 0.05) is 31.3 Å². The fourth-order valence-corrected chi connectivity index (χ4v) is 5.38. The van der Waals surface area contributed by atoms with Crippen LogP contribution in [0.3, 0.4) is 0 Å². The summed E-state index contributed by atoms with van der Waals surface area (Å²) < 4.78 is 12.4. The number of carbonyl (C=O) groups excluding carboxylic acids is 1. The van der Waals surface area contributed by atoms with Crippen LogP contribution in [0.1, 0.15) is 52.5 Å². The van der Waals surface area contributed by atoms with Crippen molar-refractivity contribution < 1.29 is 14.3 Å². The Balaban J connectivity index is 1.33. The summed E-state index contributed by atoms with van der Waals surface area (Å²) in [6.45, 7) is 11.7. The summed E-state index contributed by atoms with van der Waals surface area (Å²) in [4.78, 5) is 19.1. The van der Waals surface area contributed by atoms with Gasteiger partial charge in [0.1, 0.15) is 5.75 Å². The van der Waals surface area contributed by atoms with Gasteiger partial charge in [-0.3, -0.25) is 15.6 Å². The molecule has 2 N–H and O–H groups in total. The van der Waals surface area contributed by atoms with E-state index < -0.39 is 0 Å². The second-order valence-electron chi connectivity index (χ2n) is 10.7. The third-order valence-electron chi connectivity index (χ3n) is 6.96. The first-order valence-corrected chi connectivity index (χ1v) is 15.3. The van der Waals surface area contributed by atoms with Crippen molar-refractivity contribution >= 4 is 44.0 Å². The van der Waals surface area contributed by atoms with Crippen molar-refractivity contribution in [3.8, 4) is 5.75 Å². The molecule has 0 unspecified atom stereocenters. The van der Waals surface area contributed by atoms with Crippen molar-refractivity contribution in [3.63, 3.8) is 0 Å². The van der Waals surface area contributed by atoms with E-state index in [0.29, 0.717) is 31.3 Å². The first-order valence-electron chi connectivity index (χ1n) is 14.5. The van der Waals surface area contributed by atoms with Gasteiger partial charge in [0.05, 0.1) is 29.1 Å². The van der Waals surface area contributed by atoms with Crippen molar-refractivity contribution in [1.29, 1.82) is 0 Å². The number of nitrogens with zero attached hydrogens (tertiary/aromatic N) is 2.